The van der Waals surface area contributed by atoms with Crippen LogP contribution in [0.2, 0.25) is 0 Å². The number of fused-ring (bicyclic) bond motifs is 2. The van der Waals surface area contributed by atoms with E-state index in [-0.39, 0.29) is 35.2 Å². The molecule has 0 saturated heterocycles. The molecule has 1 aliphatic heterocycles. The molecule has 290 valence electrons. The SMILES string of the molecule is Cc1csc(-c2cc(O[C@H]3CC[C@H]4C(=O)N(C)CCCC/C=C\[C@@H]5C[C@@]5(C(=O)NS(=O)(=O)C5(C)CC5)NC(=O)[C@@H]4C3)cc(-c3nc(C(F)(F)F)cs3)n2)n1. The van der Waals surface area contributed by atoms with Gasteiger partial charge in [0.25, 0.3) is 5.91 Å². The van der Waals surface area contributed by atoms with Gasteiger partial charge in [-0.3, -0.25) is 19.1 Å². The summed E-state index contributed by atoms with van der Waals surface area (Å²) in [4.78, 5) is 56.5. The van der Waals surface area contributed by atoms with Crippen LogP contribution in [0.25, 0.3) is 21.4 Å². The van der Waals surface area contributed by atoms with Crippen LogP contribution in [0.3, 0.4) is 0 Å². The number of ether oxygens (including phenoxy) is 1. The van der Waals surface area contributed by atoms with E-state index in [0.29, 0.717) is 49.4 Å². The number of halogens is 3. The number of nitrogens with zero attached hydrogens (tertiary/aromatic N) is 4. The summed E-state index contributed by atoms with van der Waals surface area (Å²) in [5.41, 5.74) is -1.25. The Hall–Kier alpha value is -3.90. The number of nitrogens with one attached hydrogen (secondary N) is 2. The van der Waals surface area contributed by atoms with Crippen molar-refractivity contribution in [2.45, 2.75) is 94.2 Å². The second-order valence-electron chi connectivity index (χ2n) is 15.0. The highest BCUT2D eigenvalue weighted by molar-refractivity contribution is 7.91. The molecule has 2 N–H and O–H groups in total. The molecule has 4 heterocycles. The zero-order valence-electron chi connectivity index (χ0n) is 29.9. The van der Waals surface area contributed by atoms with E-state index in [1.54, 1.807) is 24.9 Å². The van der Waals surface area contributed by atoms with Gasteiger partial charge in [0.2, 0.25) is 21.8 Å². The molecule has 0 radical (unpaired) electrons. The maximum absolute atomic E-state index is 14.3. The van der Waals surface area contributed by atoms with Crippen LogP contribution >= 0.6 is 22.7 Å². The van der Waals surface area contributed by atoms with Gasteiger partial charge in [0, 0.05) is 54.0 Å². The molecule has 3 aliphatic carbocycles. The van der Waals surface area contributed by atoms with Gasteiger partial charge in [0.1, 0.15) is 32.7 Å². The summed E-state index contributed by atoms with van der Waals surface area (Å²) in [6, 6.07) is 3.14. The van der Waals surface area contributed by atoms with Crippen molar-refractivity contribution in [2.24, 2.45) is 17.8 Å². The fourth-order valence-electron chi connectivity index (χ4n) is 7.14. The molecule has 3 aromatic heterocycles. The van der Waals surface area contributed by atoms with E-state index in [4.69, 9.17) is 4.74 Å². The quantitative estimate of drug-likeness (QED) is 0.278. The number of aryl methyl sites for hydroxylation is 1. The Morgan fingerprint density at radius 2 is 1.74 bits per heavy atom. The first-order valence-electron chi connectivity index (χ1n) is 17.9. The molecule has 12 nitrogen and oxygen atoms in total. The van der Waals surface area contributed by atoms with Crippen LogP contribution in [0, 0.1) is 24.7 Å². The summed E-state index contributed by atoms with van der Waals surface area (Å²) in [6.45, 7) is 3.90. The number of thiazole rings is 2. The van der Waals surface area contributed by atoms with Crippen LogP contribution in [0.15, 0.2) is 35.0 Å². The summed E-state index contributed by atoms with van der Waals surface area (Å²) < 4.78 is 74.2. The van der Waals surface area contributed by atoms with Crippen LogP contribution in [-0.2, 0) is 30.6 Å². The highest BCUT2D eigenvalue weighted by Crippen LogP contribution is 2.48. The number of carbonyl (C=O) groups excluding carboxylic acids is 3. The molecule has 7 rings (SSSR count). The number of hydrogen-bond acceptors (Lipinski definition) is 11. The zero-order valence-corrected chi connectivity index (χ0v) is 32.4. The van der Waals surface area contributed by atoms with Crippen molar-refractivity contribution in [3.8, 4) is 27.2 Å². The lowest BCUT2D eigenvalue weighted by atomic mass is 9.76. The van der Waals surface area contributed by atoms with Crippen molar-refractivity contribution in [3.05, 3.63) is 46.4 Å². The van der Waals surface area contributed by atoms with Gasteiger partial charge in [-0.25, -0.2) is 23.4 Å². The number of hydrogen-bond donors (Lipinski definition) is 2. The van der Waals surface area contributed by atoms with Gasteiger partial charge in [-0.2, -0.15) is 13.2 Å². The Morgan fingerprint density at radius 3 is 2.39 bits per heavy atom. The second kappa shape index (κ2) is 14.3. The Labute approximate surface area is 319 Å². The lowest BCUT2D eigenvalue weighted by Gasteiger charge is -2.37. The van der Waals surface area contributed by atoms with Crippen molar-refractivity contribution in [1.29, 1.82) is 0 Å². The van der Waals surface area contributed by atoms with Crippen LogP contribution in [0.1, 0.15) is 76.1 Å². The number of amides is 3. The van der Waals surface area contributed by atoms with E-state index in [0.717, 1.165) is 35.3 Å². The molecule has 3 saturated carbocycles. The molecule has 4 aliphatic rings. The third kappa shape index (κ3) is 7.78. The number of aromatic nitrogens is 3. The van der Waals surface area contributed by atoms with Gasteiger partial charge >= 0.3 is 6.18 Å². The van der Waals surface area contributed by atoms with Gasteiger partial charge < -0.3 is 15.0 Å². The van der Waals surface area contributed by atoms with Crippen LogP contribution in [-0.4, -0.2) is 76.0 Å². The third-order valence-corrected chi connectivity index (χ3v) is 14.9. The summed E-state index contributed by atoms with van der Waals surface area (Å²) in [6.07, 6.45) is 2.65. The summed E-state index contributed by atoms with van der Waals surface area (Å²) in [5.74, 6) is -3.34. The average molecular weight is 807 g/mol. The smallest absolute Gasteiger partial charge is 0.434 e. The topological polar surface area (TPSA) is 161 Å². The summed E-state index contributed by atoms with van der Waals surface area (Å²) >= 11 is 2.12. The molecule has 0 bridgehead atoms. The molecule has 18 heteroatoms. The average Bonchev–Trinajstić information content (AvgIpc) is 3.87. The van der Waals surface area contributed by atoms with Crippen LogP contribution in [0.5, 0.6) is 5.75 Å². The zero-order chi connectivity index (χ0) is 38.6. The van der Waals surface area contributed by atoms with E-state index in [2.05, 4.69) is 25.0 Å². The number of sulfonamides is 1. The van der Waals surface area contributed by atoms with Crippen molar-refractivity contribution < 1.29 is 40.7 Å². The Bertz CT molecular complexity index is 2100. The standard InChI is InChI=1S/C36H41F3N6O6S3/c1-20-18-52-30(40-20)26-15-23(16-27(41-26)31-42-28(19-53-31)36(37,38)39)51-22-9-10-24-25(14-22)29(46)43-35(33(48)44-54(49,50)34(2)11-12-34)17-21(35)8-6-4-5-7-13-45(3)32(24)47/h6,8,15-16,18-19,21-22,24-25H,4-5,7,9-14,17H2,1-3H3,(H,43,46)(H,44,48)/b8-6-/t21-,22+,24-,25-,35-/m1/s1. The molecule has 0 spiro atoms. The van der Waals surface area contributed by atoms with E-state index in [9.17, 15) is 36.0 Å². The van der Waals surface area contributed by atoms with Crippen molar-refractivity contribution in [2.75, 3.05) is 13.6 Å². The number of alkyl halides is 3. The molecule has 3 aromatic rings. The van der Waals surface area contributed by atoms with E-state index in [1.807, 2.05) is 24.5 Å². The molecule has 5 atom stereocenters. The fourth-order valence-corrected chi connectivity index (χ4v) is 10.00. The molecule has 3 fully saturated rings. The molecule has 3 amide bonds. The largest absolute Gasteiger partial charge is 0.490 e. The van der Waals surface area contributed by atoms with Gasteiger partial charge in [-0.05, 0) is 71.6 Å². The van der Waals surface area contributed by atoms with E-state index in [1.165, 1.54) is 17.4 Å². The minimum atomic E-state index is -4.63. The van der Waals surface area contributed by atoms with E-state index >= 15 is 0 Å². The van der Waals surface area contributed by atoms with Crippen molar-refractivity contribution >= 4 is 50.4 Å². The highest BCUT2D eigenvalue weighted by atomic mass is 32.2. The predicted molar refractivity (Wildman–Crippen MR) is 196 cm³/mol. The maximum atomic E-state index is 14.3. The fraction of sp³-hybridized carbons (Fsp3) is 0.556. The highest BCUT2D eigenvalue weighted by Gasteiger charge is 2.63. The minimum Gasteiger partial charge on any atom is -0.490 e. The lowest BCUT2D eigenvalue weighted by molar-refractivity contribution is -0.145. The summed E-state index contributed by atoms with van der Waals surface area (Å²) in [7, 11) is -2.28. The molecule has 0 unspecified atom stereocenters. The number of carbonyl (C=O) groups is 3. The van der Waals surface area contributed by atoms with E-state index < -0.39 is 67.9 Å². The number of allylic oxidation sites excluding steroid dienone is 1. The molecular weight excluding hydrogens is 766 g/mol. The van der Waals surface area contributed by atoms with Gasteiger partial charge in [0.05, 0.1) is 16.8 Å². The molecular formula is C36H41F3N6O6S3. The van der Waals surface area contributed by atoms with Crippen LogP contribution < -0.4 is 14.8 Å². The monoisotopic (exact) mass is 806 g/mol. The Balaban J connectivity index is 1.18. The van der Waals surface area contributed by atoms with Gasteiger partial charge in [-0.15, -0.1) is 22.7 Å². The number of pyridine rings is 1. The van der Waals surface area contributed by atoms with Gasteiger partial charge in [-0.1, -0.05) is 12.2 Å². The van der Waals surface area contributed by atoms with Crippen molar-refractivity contribution in [3.63, 3.8) is 0 Å². The van der Waals surface area contributed by atoms with Crippen molar-refractivity contribution in [1.82, 2.24) is 29.9 Å². The normalized spacial score (nSPS) is 27.9. The Kier molecular flexibility index (Phi) is 10.2. The molecule has 54 heavy (non-hydrogen) atoms. The predicted octanol–water partition coefficient (Wildman–Crippen LogP) is 5.89. The van der Waals surface area contributed by atoms with Crippen LogP contribution in [0.4, 0.5) is 13.2 Å². The third-order valence-electron chi connectivity index (χ3n) is 10.9. The minimum absolute atomic E-state index is 0.0411. The first kappa shape index (κ1) is 38.4. The second-order valence-corrected chi connectivity index (χ2v) is 18.9. The first-order valence-corrected chi connectivity index (χ1v) is 21.2. The maximum Gasteiger partial charge on any atom is 0.434 e. The Morgan fingerprint density at radius 1 is 1.04 bits per heavy atom. The summed E-state index contributed by atoms with van der Waals surface area (Å²) in [5, 5.41) is 6.23. The number of rotatable bonds is 7. The lowest BCUT2D eigenvalue weighted by Crippen LogP contribution is -2.56. The van der Waals surface area contributed by atoms with Gasteiger partial charge in [0.15, 0.2) is 5.69 Å². The first-order chi connectivity index (χ1) is 25.5. The molecule has 0 aromatic carbocycles.